The van der Waals surface area contributed by atoms with Gasteiger partial charge >= 0.3 is 0 Å². The van der Waals surface area contributed by atoms with Crippen molar-refractivity contribution < 1.29 is 0 Å². The van der Waals surface area contributed by atoms with Crippen molar-refractivity contribution in [2.45, 2.75) is 176 Å². The minimum absolute atomic E-state index is 0. The summed E-state index contributed by atoms with van der Waals surface area (Å²) in [6.07, 6.45) is 21.9. The molecule has 444 valence electrons. The first-order valence-electron chi connectivity index (χ1n) is 33.0. The molecule has 13 aliphatic rings. The monoisotopic (exact) mass is 1270 g/mol. The fourth-order valence-corrected chi connectivity index (χ4v) is 21.6. The minimum Gasteiger partial charge on any atom is -0.309 e. The second kappa shape index (κ2) is 24.6. The van der Waals surface area contributed by atoms with E-state index in [1.165, 1.54) is 110 Å². The van der Waals surface area contributed by atoms with E-state index in [2.05, 4.69) is 145 Å². The predicted octanol–water partition coefficient (Wildman–Crippen LogP) is 7.52. The van der Waals surface area contributed by atoms with Crippen molar-refractivity contribution >= 4 is 48.7 Å². The van der Waals surface area contributed by atoms with Crippen LogP contribution < -0.4 is 63.8 Å². The van der Waals surface area contributed by atoms with Gasteiger partial charge in [-0.25, -0.2) is 0 Å². The fourth-order valence-electron chi connectivity index (χ4n) is 21.6. The standard InChI is InChI=1S/C68H92N12.2ClH.Sn/c1-5-19-41-37(15-1)29-33-69-57(41)51-52(58-42-20-6-2-16-38(42)30-34-70-58)54(60-44-22-8-4-18-40(44)32-36-72-60)56-55(53(51)59-43-21-7-3-17-39(43)31-35-71-59)67-78-65-49-27-13-11-25-47(49)63(76-65)74-61-45-23-9-10-24-46(45)62(73-61)75-64-48-26-12-14-28-50(48)66(77-64)79-68(56)80-67;;;/h1-8,15-22,45-80H,9-14,23-36H2;2*1H;. The molecule has 9 fully saturated rings. The van der Waals surface area contributed by atoms with Gasteiger partial charge in [-0.05, 0) is 206 Å². The van der Waals surface area contributed by atoms with Gasteiger partial charge in [-0.15, -0.1) is 24.8 Å². The van der Waals surface area contributed by atoms with E-state index in [4.69, 9.17) is 16.0 Å². The first-order valence-corrected chi connectivity index (χ1v) is 33.0. The Morgan fingerprint density at radius 1 is 0.253 bits per heavy atom. The third-order valence-corrected chi connectivity index (χ3v) is 24.6. The van der Waals surface area contributed by atoms with Gasteiger partial charge in [0.25, 0.3) is 0 Å². The van der Waals surface area contributed by atoms with Crippen LogP contribution in [-0.4, -0.2) is 99.4 Å². The molecule has 24 atom stereocenters. The molecule has 4 aliphatic carbocycles. The summed E-state index contributed by atoms with van der Waals surface area (Å²) in [6.45, 7) is 4.01. The fraction of sp³-hybridized carbons (Fsp3) is 0.647. The van der Waals surface area contributed by atoms with Crippen molar-refractivity contribution in [2.75, 3.05) is 26.2 Å². The summed E-state index contributed by atoms with van der Waals surface area (Å²) in [5.41, 5.74) is 12.3. The van der Waals surface area contributed by atoms with E-state index in [0.29, 0.717) is 47.8 Å². The average Bonchev–Trinajstić information content (AvgIpc) is 2.38. The molecule has 0 spiro atoms. The molecule has 4 aromatic carbocycles. The number of nitrogens with one attached hydrogen (secondary N) is 12. The van der Waals surface area contributed by atoms with Gasteiger partial charge in [-0.1, -0.05) is 136 Å². The molecule has 4 aromatic rings. The molecular weight excluding hydrogens is 1170 g/mol. The summed E-state index contributed by atoms with van der Waals surface area (Å²) in [7, 11) is 0. The first-order chi connectivity index (χ1) is 39.7. The van der Waals surface area contributed by atoms with Crippen LogP contribution in [0.4, 0.5) is 0 Å². The Morgan fingerprint density at radius 3 is 0.711 bits per heavy atom. The van der Waals surface area contributed by atoms with E-state index in [1.807, 2.05) is 0 Å². The Hall–Kier alpha value is -2.22. The number of hydrogen-bond donors (Lipinski definition) is 12. The summed E-state index contributed by atoms with van der Waals surface area (Å²) >= 11 is 0. The molecule has 4 saturated carbocycles. The van der Waals surface area contributed by atoms with Crippen molar-refractivity contribution in [3.05, 3.63) is 142 Å². The van der Waals surface area contributed by atoms with E-state index in [-0.39, 0.29) is 145 Å². The quantitative estimate of drug-likeness (QED) is 0.0920. The van der Waals surface area contributed by atoms with Crippen LogP contribution in [-0.2, 0) is 25.7 Å². The van der Waals surface area contributed by atoms with Gasteiger partial charge in [0.1, 0.15) is 0 Å². The van der Waals surface area contributed by atoms with Crippen LogP contribution in [0.15, 0.2) is 97.1 Å². The van der Waals surface area contributed by atoms with Crippen LogP contribution >= 0.6 is 24.8 Å². The van der Waals surface area contributed by atoms with Crippen molar-refractivity contribution in [1.29, 1.82) is 0 Å². The zero-order valence-corrected chi connectivity index (χ0v) is 53.0. The van der Waals surface area contributed by atoms with E-state index >= 15 is 0 Å². The molecule has 15 heteroatoms. The maximum absolute atomic E-state index is 4.76. The molecule has 12 N–H and O–H groups in total. The number of rotatable bonds is 4. The summed E-state index contributed by atoms with van der Waals surface area (Å²) in [6, 6.07) is 39.4. The summed E-state index contributed by atoms with van der Waals surface area (Å²) < 4.78 is 0. The second-order valence-electron chi connectivity index (χ2n) is 28.0. The van der Waals surface area contributed by atoms with Crippen LogP contribution in [0.25, 0.3) is 0 Å². The zero-order valence-electron chi connectivity index (χ0n) is 48.6. The normalized spacial score (nSPS) is 43.8. The van der Waals surface area contributed by atoms with Crippen molar-refractivity contribution in [3.63, 3.8) is 0 Å². The number of halogens is 2. The molecule has 5 saturated heterocycles. The van der Waals surface area contributed by atoms with E-state index in [1.54, 1.807) is 11.1 Å². The second-order valence-corrected chi connectivity index (χ2v) is 28.0. The van der Waals surface area contributed by atoms with Gasteiger partial charge in [0.15, 0.2) is 0 Å². The largest absolute Gasteiger partial charge is 0.309 e. The molecule has 8 bridgehead atoms. The Balaban J connectivity index is 0.00000205. The van der Waals surface area contributed by atoms with E-state index < -0.39 is 0 Å². The van der Waals surface area contributed by atoms with Crippen LogP contribution in [0.1, 0.15) is 146 Å². The van der Waals surface area contributed by atoms with Crippen LogP contribution in [0.5, 0.6) is 0 Å². The van der Waals surface area contributed by atoms with Gasteiger partial charge in [0.05, 0.1) is 49.3 Å². The molecule has 9 heterocycles. The van der Waals surface area contributed by atoms with Gasteiger partial charge in [-0.3, -0.25) is 42.5 Å². The SMILES string of the molecule is Cl.Cl.[Sn].c1ccc2c(c1)CCNC2C1C2C3NC4NC(NC5NC(NC6NC(NC(N3)C2C(C2NCCc3ccccc32)C(C2NCCc3ccccc32)C1C1NCCc2ccccc21)C1CCCCC61)C1CCCCC51)C1CCCCC41. The third-order valence-electron chi connectivity index (χ3n) is 24.6. The average molecular weight is 1270 g/mol. The van der Waals surface area contributed by atoms with Gasteiger partial charge in [0.2, 0.25) is 0 Å². The molecule has 12 nitrogen and oxygen atoms in total. The molecule has 4 radical (unpaired) electrons. The van der Waals surface area contributed by atoms with Crippen molar-refractivity contribution in [2.24, 2.45) is 71.0 Å². The molecule has 24 unspecified atom stereocenters. The molecular formula is C68H94Cl2N12Sn. The van der Waals surface area contributed by atoms with Crippen LogP contribution in [0.3, 0.4) is 0 Å². The van der Waals surface area contributed by atoms with E-state index in [0.717, 1.165) is 51.9 Å². The maximum atomic E-state index is 4.76. The Kier molecular flexibility index (Phi) is 17.3. The molecule has 0 aromatic heterocycles. The van der Waals surface area contributed by atoms with E-state index in [9.17, 15) is 0 Å². The van der Waals surface area contributed by atoms with Gasteiger partial charge < -0.3 is 21.3 Å². The van der Waals surface area contributed by atoms with Gasteiger partial charge in [-0.2, -0.15) is 0 Å². The van der Waals surface area contributed by atoms with Crippen molar-refractivity contribution in [3.8, 4) is 0 Å². The zero-order chi connectivity index (χ0) is 52.4. The molecule has 17 rings (SSSR count). The predicted molar refractivity (Wildman–Crippen MR) is 336 cm³/mol. The topological polar surface area (TPSA) is 144 Å². The third kappa shape index (κ3) is 10.1. The van der Waals surface area contributed by atoms with Gasteiger partial charge in [0, 0.05) is 48.1 Å². The Labute approximate surface area is 524 Å². The minimum atomic E-state index is 0. The number of hydrogen-bond acceptors (Lipinski definition) is 12. The molecule has 0 amide bonds. The Bertz CT molecular complexity index is 2710. The Morgan fingerprint density at radius 2 is 0.458 bits per heavy atom. The number of benzene rings is 4. The van der Waals surface area contributed by atoms with Crippen LogP contribution in [0, 0.1) is 71.0 Å². The maximum Gasteiger partial charge on any atom is 0.0632 e. The first kappa shape index (κ1) is 58.5. The summed E-state index contributed by atoms with van der Waals surface area (Å²) in [4.78, 5) is 0. The number of fused-ring (bicyclic) bond motifs is 24. The smallest absolute Gasteiger partial charge is 0.0632 e. The summed E-state index contributed by atoms with van der Waals surface area (Å²) in [5.74, 6) is 5.28. The summed E-state index contributed by atoms with van der Waals surface area (Å²) in [5, 5.41) is 54.5. The van der Waals surface area contributed by atoms with Crippen molar-refractivity contribution in [1.82, 2.24) is 63.8 Å². The molecule has 83 heavy (non-hydrogen) atoms. The molecule has 9 aliphatic heterocycles. The van der Waals surface area contributed by atoms with Crippen LogP contribution in [0.2, 0.25) is 0 Å².